The fraction of sp³-hybridized carbons (Fsp3) is 0.318. The quantitative estimate of drug-likeness (QED) is 0.740. The molecule has 5 nitrogen and oxygen atoms in total. The summed E-state index contributed by atoms with van der Waals surface area (Å²) in [4.78, 5) is 40.8. The summed E-state index contributed by atoms with van der Waals surface area (Å²) < 4.78 is 0. The molecule has 1 heterocycles. The largest absolute Gasteiger partial charge is 0.341 e. The van der Waals surface area contributed by atoms with Crippen LogP contribution in [-0.2, 0) is 6.42 Å². The smallest absolute Gasteiger partial charge is 0.261 e. The number of fused-ring (bicyclic) bond motifs is 1. The molecule has 140 valence electrons. The van der Waals surface area contributed by atoms with Gasteiger partial charge >= 0.3 is 0 Å². The van der Waals surface area contributed by atoms with E-state index in [0.29, 0.717) is 42.1 Å². The summed E-state index contributed by atoms with van der Waals surface area (Å²) in [6.45, 7) is 5.04. The van der Waals surface area contributed by atoms with Crippen molar-refractivity contribution in [3.8, 4) is 0 Å². The Kier molecular flexibility index (Phi) is 5.40. The van der Waals surface area contributed by atoms with Crippen molar-refractivity contribution >= 4 is 17.7 Å². The highest BCUT2D eigenvalue weighted by Crippen LogP contribution is 2.25. The van der Waals surface area contributed by atoms with Crippen molar-refractivity contribution in [3.05, 3.63) is 70.8 Å². The molecule has 2 aromatic rings. The maximum Gasteiger partial charge on any atom is 0.261 e. The third-order valence-corrected chi connectivity index (χ3v) is 4.67. The number of hydrogen-bond donors (Lipinski definition) is 0. The second-order valence-electron chi connectivity index (χ2n) is 7.34. The third kappa shape index (κ3) is 3.92. The minimum absolute atomic E-state index is 0.144. The van der Waals surface area contributed by atoms with Crippen LogP contribution in [0, 0.1) is 5.92 Å². The normalized spacial score (nSPS) is 13.3. The van der Waals surface area contributed by atoms with Gasteiger partial charge in [-0.25, -0.2) is 0 Å². The van der Waals surface area contributed by atoms with E-state index < -0.39 is 0 Å². The van der Waals surface area contributed by atoms with Gasteiger partial charge in [-0.05, 0) is 36.1 Å². The van der Waals surface area contributed by atoms with Gasteiger partial charge in [0, 0.05) is 25.7 Å². The number of benzene rings is 2. The van der Waals surface area contributed by atoms with Crippen LogP contribution in [0.25, 0.3) is 0 Å². The van der Waals surface area contributed by atoms with Crippen molar-refractivity contribution in [1.82, 2.24) is 9.80 Å². The lowest BCUT2D eigenvalue weighted by atomic mass is 10.0. The molecule has 0 unspecified atom stereocenters. The molecule has 0 spiro atoms. The van der Waals surface area contributed by atoms with Gasteiger partial charge in [0.1, 0.15) is 0 Å². The Labute approximate surface area is 159 Å². The lowest BCUT2D eigenvalue weighted by molar-refractivity contribution is 0.0655. The second kappa shape index (κ2) is 7.74. The summed E-state index contributed by atoms with van der Waals surface area (Å²) in [6.07, 6.45) is 0.606. The molecule has 0 aromatic heterocycles. The van der Waals surface area contributed by atoms with Gasteiger partial charge in [0.15, 0.2) is 0 Å². The van der Waals surface area contributed by atoms with Crippen molar-refractivity contribution in [2.75, 3.05) is 20.1 Å². The van der Waals surface area contributed by atoms with Crippen molar-refractivity contribution in [3.63, 3.8) is 0 Å². The Morgan fingerprint density at radius 2 is 1.67 bits per heavy atom. The summed E-state index contributed by atoms with van der Waals surface area (Å²) >= 11 is 0. The molecule has 0 atom stereocenters. The predicted molar refractivity (Wildman–Crippen MR) is 104 cm³/mol. The zero-order valence-electron chi connectivity index (χ0n) is 15.9. The minimum Gasteiger partial charge on any atom is -0.341 e. The average Bonchev–Trinajstić information content (AvgIpc) is 2.89. The fourth-order valence-electron chi connectivity index (χ4n) is 3.36. The first-order valence-corrected chi connectivity index (χ1v) is 9.18. The lowest BCUT2D eigenvalue weighted by Gasteiger charge is -2.19. The van der Waals surface area contributed by atoms with Crippen LogP contribution in [0.1, 0.15) is 50.5 Å². The molecule has 0 fully saturated rings. The summed E-state index contributed by atoms with van der Waals surface area (Å²) in [6, 6.07) is 14.5. The van der Waals surface area contributed by atoms with Crippen LogP contribution in [0.3, 0.4) is 0 Å². The first-order valence-electron chi connectivity index (χ1n) is 9.18. The molecule has 5 heteroatoms. The van der Waals surface area contributed by atoms with E-state index in [1.807, 2.05) is 44.2 Å². The van der Waals surface area contributed by atoms with Crippen molar-refractivity contribution < 1.29 is 14.4 Å². The molecule has 1 aliphatic heterocycles. The Balaban J connectivity index is 1.77. The average molecular weight is 364 g/mol. The Morgan fingerprint density at radius 3 is 2.33 bits per heavy atom. The van der Waals surface area contributed by atoms with Crippen LogP contribution in [0.4, 0.5) is 0 Å². The number of nitrogens with zero attached hydrogens (tertiary/aromatic N) is 2. The lowest BCUT2D eigenvalue weighted by Crippen LogP contribution is -2.31. The Bertz CT molecular complexity index is 874. The summed E-state index contributed by atoms with van der Waals surface area (Å²) in [5.41, 5.74) is 2.19. The van der Waals surface area contributed by atoms with E-state index in [1.165, 1.54) is 4.90 Å². The molecule has 0 saturated heterocycles. The molecule has 0 saturated carbocycles. The molecule has 0 bridgehead atoms. The van der Waals surface area contributed by atoms with E-state index >= 15 is 0 Å². The fourth-order valence-corrected chi connectivity index (χ4v) is 3.36. The van der Waals surface area contributed by atoms with E-state index in [-0.39, 0.29) is 17.7 Å². The zero-order valence-corrected chi connectivity index (χ0v) is 15.9. The third-order valence-electron chi connectivity index (χ3n) is 4.67. The van der Waals surface area contributed by atoms with Gasteiger partial charge in [-0.1, -0.05) is 44.2 Å². The minimum atomic E-state index is -0.327. The monoisotopic (exact) mass is 364 g/mol. The van der Waals surface area contributed by atoms with Crippen LogP contribution in [-0.4, -0.2) is 47.7 Å². The van der Waals surface area contributed by atoms with E-state index in [0.717, 1.165) is 5.56 Å². The maximum absolute atomic E-state index is 12.7. The van der Waals surface area contributed by atoms with Crippen LogP contribution in [0.5, 0.6) is 0 Å². The van der Waals surface area contributed by atoms with Gasteiger partial charge < -0.3 is 4.90 Å². The number of amides is 3. The molecule has 3 rings (SSSR count). The van der Waals surface area contributed by atoms with Gasteiger partial charge in [-0.3, -0.25) is 19.3 Å². The predicted octanol–water partition coefficient (Wildman–Crippen LogP) is 3.25. The highest BCUT2D eigenvalue weighted by Gasteiger charge is 2.35. The van der Waals surface area contributed by atoms with Gasteiger partial charge in [0.2, 0.25) is 0 Å². The first-order chi connectivity index (χ1) is 12.9. The molecule has 1 aliphatic rings. The standard InChI is InChI=1S/C22H24N2O3/c1-15(2)14-23(3)20(25)17-9-10-18-19(13-17)22(27)24(21(18)26)12-11-16-7-5-4-6-8-16/h4-10,13,15H,11-12,14H2,1-3H3. The Hall–Kier alpha value is -2.95. The van der Waals surface area contributed by atoms with E-state index in [1.54, 1.807) is 30.1 Å². The van der Waals surface area contributed by atoms with Crippen LogP contribution < -0.4 is 0 Å². The molecular weight excluding hydrogens is 340 g/mol. The SMILES string of the molecule is CC(C)CN(C)C(=O)c1ccc2c(c1)C(=O)N(CCc1ccccc1)C2=O. The van der Waals surface area contributed by atoms with Crippen molar-refractivity contribution in [2.24, 2.45) is 5.92 Å². The van der Waals surface area contributed by atoms with E-state index in [4.69, 9.17) is 0 Å². The van der Waals surface area contributed by atoms with Gasteiger partial charge in [-0.2, -0.15) is 0 Å². The summed E-state index contributed by atoms with van der Waals surface area (Å²) in [7, 11) is 1.74. The van der Waals surface area contributed by atoms with Crippen LogP contribution in [0.15, 0.2) is 48.5 Å². The molecule has 0 aliphatic carbocycles. The second-order valence-corrected chi connectivity index (χ2v) is 7.34. The van der Waals surface area contributed by atoms with Crippen LogP contribution >= 0.6 is 0 Å². The number of carbonyl (C=O) groups excluding carboxylic acids is 3. The molecule has 27 heavy (non-hydrogen) atoms. The number of rotatable bonds is 6. The molecule has 0 N–H and O–H groups in total. The number of imide groups is 1. The maximum atomic E-state index is 12.7. The summed E-state index contributed by atoms with van der Waals surface area (Å²) in [5.74, 6) is -0.410. The van der Waals surface area contributed by atoms with Gasteiger partial charge in [0.05, 0.1) is 11.1 Å². The molecule has 3 amide bonds. The molecule has 0 radical (unpaired) electrons. The molecular formula is C22H24N2O3. The highest BCUT2D eigenvalue weighted by atomic mass is 16.2. The number of hydrogen-bond acceptors (Lipinski definition) is 3. The van der Waals surface area contributed by atoms with Gasteiger partial charge in [0.25, 0.3) is 17.7 Å². The van der Waals surface area contributed by atoms with Gasteiger partial charge in [-0.15, -0.1) is 0 Å². The van der Waals surface area contributed by atoms with E-state index in [9.17, 15) is 14.4 Å². The van der Waals surface area contributed by atoms with Crippen LogP contribution in [0.2, 0.25) is 0 Å². The summed E-state index contributed by atoms with van der Waals surface area (Å²) in [5, 5.41) is 0. The first kappa shape index (κ1) is 18.8. The van der Waals surface area contributed by atoms with E-state index in [2.05, 4.69) is 0 Å². The highest BCUT2D eigenvalue weighted by molar-refractivity contribution is 6.22. The number of carbonyl (C=O) groups is 3. The topological polar surface area (TPSA) is 57.7 Å². The molecule has 2 aromatic carbocycles. The zero-order chi connectivity index (χ0) is 19.6. The van der Waals surface area contributed by atoms with Crippen molar-refractivity contribution in [1.29, 1.82) is 0 Å². The Morgan fingerprint density at radius 1 is 1.00 bits per heavy atom. The van der Waals surface area contributed by atoms with Crippen molar-refractivity contribution in [2.45, 2.75) is 20.3 Å².